The van der Waals surface area contributed by atoms with Gasteiger partial charge in [0.2, 0.25) is 0 Å². The van der Waals surface area contributed by atoms with Gasteiger partial charge in [-0.2, -0.15) is 5.26 Å². The van der Waals surface area contributed by atoms with Crippen LogP contribution in [0.25, 0.3) is 10.2 Å². The summed E-state index contributed by atoms with van der Waals surface area (Å²) in [6.45, 7) is 5.98. The molecule has 0 unspecified atom stereocenters. The first-order chi connectivity index (χ1) is 6.63. The van der Waals surface area contributed by atoms with Gasteiger partial charge < -0.3 is 0 Å². The highest BCUT2D eigenvalue weighted by Gasteiger charge is 2.10. The Bertz CT molecular complexity index is 546. The van der Waals surface area contributed by atoms with Gasteiger partial charge in [0.25, 0.3) is 0 Å². The molecule has 0 atom stereocenters. The van der Waals surface area contributed by atoms with Crippen LogP contribution in [0, 0.1) is 32.1 Å². The Kier molecular flexibility index (Phi) is 2.01. The number of benzene rings is 1. The van der Waals surface area contributed by atoms with E-state index >= 15 is 0 Å². The van der Waals surface area contributed by atoms with E-state index in [1.165, 1.54) is 0 Å². The minimum Gasteiger partial charge on any atom is -0.241 e. The molecule has 2 nitrogen and oxygen atoms in total. The Balaban J connectivity index is 2.95. The fourth-order valence-corrected chi connectivity index (χ4v) is 2.58. The van der Waals surface area contributed by atoms with E-state index in [4.69, 9.17) is 5.26 Å². The fraction of sp³-hybridized carbons (Fsp3) is 0.273. The van der Waals surface area contributed by atoms with Crippen molar-refractivity contribution in [1.82, 2.24) is 4.98 Å². The van der Waals surface area contributed by atoms with Gasteiger partial charge in [0, 0.05) is 0 Å². The summed E-state index contributed by atoms with van der Waals surface area (Å²) in [5, 5.41) is 10.0. The second-order valence-corrected chi connectivity index (χ2v) is 4.59. The average Bonchev–Trinajstić information content (AvgIpc) is 2.54. The first-order valence-electron chi connectivity index (χ1n) is 4.41. The van der Waals surface area contributed by atoms with Crippen LogP contribution in [-0.4, -0.2) is 4.98 Å². The van der Waals surface area contributed by atoms with E-state index in [9.17, 15) is 0 Å². The van der Waals surface area contributed by atoms with E-state index in [1.807, 2.05) is 26.8 Å². The molecule has 0 N–H and O–H groups in total. The van der Waals surface area contributed by atoms with E-state index in [-0.39, 0.29) is 0 Å². The lowest BCUT2D eigenvalue weighted by Crippen LogP contribution is -1.86. The van der Waals surface area contributed by atoms with Crippen molar-refractivity contribution in [2.45, 2.75) is 20.8 Å². The maximum absolute atomic E-state index is 8.94. The molecule has 0 radical (unpaired) electrons. The van der Waals surface area contributed by atoms with Crippen molar-refractivity contribution in [3.63, 3.8) is 0 Å². The Morgan fingerprint density at radius 2 is 2.07 bits per heavy atom. The number of hydrogen-bond donors (Lipinski definition) is 0. The summed E-state index contributed by atoms with van der Waals surface area (Å²) in [6.07, 6.45) is 0. The molecule has 2 aromatic rings. The van der Waals surface area contributed by atoms with Crippen LogP contribution >= 0.6 is 11.3 Å². The molecule has 1 aromatic carbocycles. The summed E-state index contributed by atoms with van der Waals surface area (Å²) < 4.78 is 1.15. The predicted molar refractivity (Wildman–Crippen MR) is 58.5 cm³/mol. The van der Waals surface area contributed by atoms with Crippen molar-refractivity contribution in [2.24, 2.45) is 0 Å². The fourth-order valence-electron chi connectivity index (χ4n) is 1.58. The molecule has 70 valence electrons. The number of rotatable bonds is 0. The molecule has 0 fully saturated rings. The minimum absolute atomic E-state index is 0.763. The Hall–Kier alpha value is -1.40. The van der Waals surface area contributed by atoms with Crippen LogP contribution in [-0.2, 0) is 0 Å². The lowest BCUT2D eigenvalue weighted by atomic mass is 10.1. The van der Waals surface area contributed by atoms with Gasteiger partial charge in [-0.1, -0.05) is 0 Å². The van der Waals surface area contributed by atoms with E-state index in [0.717, 1.165) is 31.9 Å². The van der Waals surface area contributed by atoms with Gasteiger partial charge in [-0.3, -0.25) is 0 Å². The summed E-state index contributed by atoms with van der Waals surface area (Å²) in [5.74, 6) is 0. The summed E-state index contributed by atoms with van der Waals surface area (Å²) in [5.41, 5.74) is 3.95. The molecule has 0 aliphatic heterocycles. The van der Waals surface area contributed by atoms with Gasteiger partial charge in [-0.05, 0) is 38.0 Å². The van der Waals surface area contributed by atoms with E-state index in [1.54, 1.807) is 11.3 Å². The van der Waals surface area contributed by atoms with Crippen LogP contribution in [0.1, 0.15) is 21.7 Å². The van der Waals surface area contributed by atoms with Crippen molar-refractivity contribution in [1.29, 1.82) is 5.26 Å². The summed E-state index contributed by atoms with van der Waals surface area (Å²) in [4.78, 5) is 4.46. The zero-order chi connectivity index (χ0) is 10.3. The Labute approximate surface area is 86.8 Å². The third-order valence-electron chi connectivity index (χ3n) is 2.33. The van der Waals surface area contributed by atoms with Crippen molar-refractivity contribution < 1.29 is 0 Å². The zero-order valence-corrected chi connectivity index (χ0v) is 9.20. The molecule has 2 rings (SSSR count). The molecule has 14 heavy (non-hydrogen) atoms. The summed E-state index contributed by atoms with van der Waals surface area (Å²) >= 11 is 1.66. The number of thiazole rings is 1. The van der Waals surface area contributed by atoms with Crippen LogP contribution in [0.4, 0.5) is 0 Å². The number of aryl methyl sites for hydroxylation is 3. The number of nitrogens with zero attached hydrogens (tertiary/aromatic N) is 2. The first kappa shape index (κ1) is 9.17. The van der Waals surface area contributed by atoms with Gasteiger partial charge in [-0.15, -0.1) is 11.3 Å². The summed E-state index contributed by atoms with van der Waals surface area (Å²) in [7, 11) is 0. The number of aromatic nitrogens is 1. The van der Waals surface area contributed by atoms with E-state index in [0.29, 0.717) is 0 Å². The maximum Gasteiger partial charge on any atom is 0.0995 e. The lowest BCUT2D eigenvalue weighted by molar-refractivity contribution is 1.31. The quantitative estimate of drug-likeness (QED) is 0.658. The minimum atomic E-state index is 0.763. The van der Waals surface area contributed by atoms with Crippen LogP contribution in [0.3, 0.4) is 0 Å². The van der Waals surface area contributed by atoms with E-state index in [2.05, 4.69) is 11.1 Å². The summed E-state index contributed by atoms with van der Waals surface area (Å²) in [6, 6.07) is 4.13. The Morgan fingerprint density at radius 1 is 1.36 bits per heavy atom. The van der Waals surface area contributed by atoms with Gasteiger partial charge in [0.15, 0.2) is 0 Å². The molecular weight excluding hydrogens is 192 g/mol. The second-order valence-electron chi connectivity index (χ2n) is 3.39. The van der Waals surface area contributed by atoms with Gasteiger partial charge in [0.1, 0.15) is 0 Å². The van der Waals surface area contributed by atoms with Crippen molar-refractivity contribution >= 4 is 21.6 Å². The molecule has 1 aromatic heterocycles. The monoisotopic (exact) mass is 202 g/mol. The third-order valence-corrected chi connectivity index (χ3v) is 3.42. The molecule has 0 amide bonds. The predicted octanol–water partition coefficient (Wildman–Crippen LogP) is 3.09. The number of fused-ring (bicyclic) bond motifs is 1. The molecule has 0 aliphatic carbocycles. The van der Waals surface area contributed by atoms with Crippen LogP contribution in [0.5, 0.6) is 0 Å². The highest BCUT2D eigenvalue weighted by Crippen LogP contribution is 2.29. The zero-order valence-electron chi connectivity index (χ0n) is 8.38. The highest BCUT2D eigenvalue weighted by atomic mass is 32.1. The molecule has 3 heteroatoms. The second kappa shape index (κ2) is 3.07. The van der Waals surface area contributed by atoms with Crippen molar-refractivity contribution in [3.8, 4) is 6.07 Å². The molecule has 0 bridgehead atoms. The maximum atomic E-state index is 8.94. The Morgan fingerprint density at radius 3 is 2.71 bits per heavy atom. The van der Waals surface area contributed by atoms with Gasteiger partial charge in [0.05, 0.1) is 26.9 Å². The SMILES string of the molecule is Cc1nc2c(C)cc(C#N)c(C)c2s1. The van der Waals surface area contributed by atoms with Crippen LogP contribution < -0.4 is 0 Å². The molecule has 0 saturated heterocycles. The number of hydrogen-bond acceptors (Lipinski definition) is 3. The first-order valence-corrected chi connectivity index (χ1v) is 5.22. The van der Waals surface area contributed by atoms with Gasteiger partial charge in [-0.25, -0.2) is 4.98 Å². The molecule has 0 spiro atoms. The van der Waals surface area contributed by atoms with Crippen molar-refractivity contribution in [2.75, 3.05) is 0 Å². The molecule has 0 saturated carbocycles. The number of nitriles is 1. The molecule has 1 heterocycles. The largest absolute Gasteiger partial charge is 0.241 e. The average molecular weight is 202 g/mol. The van der Waals surface area contributed by atoms with Gasteiger partial charge >= 0.3 is 0 Å². The van der Waals surface area contributed by atoms with Crippen LogP contribution in [0.15, 0.2) is 6.07 Å². The third kappa shape index (κ3) is 1.19. The standard InChI is InChI=1S/C11H10N2S/c1-6-4-9(5-12)7(2)11-10(6)13-8(3)14-11/h4H,1-3H3. The highest BCUT2D eigenvalue weighted by molar-refractivity contribution is 7.18. The smallest absolute Gasteiger partial charge is 0.0995 e. The van der Waals surface area contributed by atoms with Crippen molar-refractivity contribution in [3.05, 3.63) is 27.8 Å². The van der Waals surface area contributed by atoms with Crippen LogP contribution in [0.2, 0.25) is 0 Å². The molecular formula is C11H10N2S. The normalized spacial score (nSPS) is 10.4. The topological polar surface area (TPSA) is 36.7 Å². The molecule has 0 aliphatic rings. The lowest BCUT2D eigenvalue weighted by Gasteiger charge is -2.00. The van der Waals surface area contributed by atoms with E-state index < -0.39 is 0 Å².